The number of rotatable bonds is 2. The lowest BCUT2D eigenvalue weighted by Crippen LogP contribution is -2.34. The van der Waals surface area contributed by atoms with E-state index in [9.17, 15) is 9.90 Å². The molecule has 2 N–H and O–H groups in total. The van der Waals surface area contributed by atoms with Gasteiger partial charge in [-0.15, -0.1) is 0 Å². The minimum atomic E-state index is -0.382. The zero-order valence-corrected chi connectivity index (χ0v) is 13.2. The van der Waals surface area contributed by atoms with Crippen molar-refractivity contribution < 1.29 is 9.90 Å². The number of aliphatic hydroxyl groups excluding tert-OH is 1. The molecule has 1 aromatic rings. The number of amides is 2. The van der Waals surface area contributed by atoms with Crippen molar-refractivity contribution in [2.75, 3.05) is 36.4 Å². The third-order valence-corrected chi connectivity index (χ3v) is 4.70. The van der Waals surface area contributed by atoms with Gasteiger partial charge in [-0.2, -0.15) is 0 Å². The van der Waals surface area contributed by atoms with Gasteiger partial charge < -0.3 is 20.2 Å². The summed E-state index contributed by atoms with van der Waals surface area (Å²) in [4.78, 5) is 16.2. The lowest BCUT2D eigenvalue weighted by molar-refractivity contribution is 0.176. The number of benzene rings is 1. The number of carbonyl (C=O) groups excluding carboxylic acids is 1. The van der Waals surface area contributed by atoms with E-state index in [1.165, 1.54) is 18.5 Å². The molecule has 5 nitrogen and oxygen atoms in total. The molecule has 22 heavy (non-hydrogen) atoms. The van der Waals surface area contributed by atoms with Crippen LogP contribution in [0.3, 0.4) is 0 Å². The second-order valence-corrected chi connectivity index (χ2v) is 6.54. The summed E-state index contributed by atoms with van der Waals surface area (Å²) in [5.41, 5.74) is 1.99. The number of hydrogen-bond donors (Lipinski definition) is 2. The number of β-amino-alcohol motifs (C(OH)–C–C–N with tert-alkyl or cyclic N) is 1. The Bertz CT molecular complexity index is 526. The molecule has 2 heterocycles. The highest BCUT2D eigenvalue weighted by Gasteiger charge is 2.24. The van der Waals surface area contributed by atoms with Crippen molar-refractivity contribution in [3.63, 3.8) is 0 Å². The Labute approximate surface area is 131 Å². The number of nitrogens with zero attached hydrogens (tertiary/aromatic N) is 2. The highest BCUT2D eigenvalue weighted by atomic mass is 16.3. The molecule has 0 bridgehead atoms. The summed E-state index contributed by atoms with van der Waals surface area (Å²) < 4.78 is 0. The van der Waals surface area contributed by atoms with E-state index in [1.54, 1.807) is 4.90 Å². The lowest BCUT2D eigenvalue weighted by Gasteiger charge is -2.32. The Kier molecular flexibility index (Phi) is 4.52. The average molecular weight is 303 g/mol. The number of aliphatic hydroxyl groups is 1. The molecule has 2 amide bonds. The fourth-order valence-corrected chi connectivity index (χ4v) is 3.18. The number of urea groups is 1. The number of anilines is 2. The largest absolute Gasteiger partial charge is 0.391 e. The molecule has 0 saturated carbocycles. The number of nitrogens with one attached hydrogen (secondary N) is 1. The van der Waals surface area contributed by atoms with Crippen LogP contribution in [0.25, 0.3) is 0 Å². The topological polar surface area (TPSA) is 55.8 Å². The first-order valence-corrected chi connectivity index (χ1v) is 8.21. The molecule has 0 spiro atoms. The predicted molar refractivity (Wildman–Crippen MR) is 88.3 cm³/mol. The molecule has 5 heteroatoms. The fraction of sp³-hybridized carbons (Fsp3) is 0.588. The Morgan fingerprint density at radius 1 is 1.23 bits per heavy atom. The van der Waals surface area contributed by atoms with Crippen LogP contribution in [0.5, 0.6) is 0 Å². The average Bonchev–Trinajstić information content (AvgIpc) is 2.95. The fourth-order valence-electron chi connectivity index (χ4n) is 3.18. The monoisotopic (exact) mass is 303 g/mol. The van der Waals surface area contributed by atoms with Crippen LogP contribution in [0.15, 0.2) is 24.3 Å². The maximum absolute atomic E-state index is 12.2. The molecule has 0 radical (unpaired) electrons. The van der Waals surface area contributed by atoms with Gasteiger partial charge in [0.05, 0.1) is 6.10 Å². The van der Waals surface area contributed by atoms with Gasteiger partial charge in [-0.3, -0.25) is 0 Å². The van der Waals surface area contributed by atoms with Crippen molar-refractivity contribution in [2.45, 2.75) is 32.3 Å². The maximum atomic E-state index is 12.2. The van der Waals surface area contributed by atoms with Gasteiger partial charge in [-0.1, -0.05) is 13.0 Å². The van der Waals surface area contributed by atoms with Crippen molar-refractivity contribution in [1.29, 1.82) is 0 Å². The smallest absolute Gasteiger partial charge is 0.321 e. The third-order valence-electron chi connectivity index (χ3n) is 4.70. The van der Waals surface area contributed by atoms with Crippen molar-refractivity contribution in [3.8, 4) is 0 Å². The molecule has 2 aliphatic heterocycles. The van der Waals surface area contributed by atoms with Crippen LogP contribution >= 0.6 is 0 Å². The molecule has 0 aromatic heterocycles. The van der Waals surface area contributed by atoms with E-state index >= 15 is 0 Å². The third kappa shape index (κ3) is 3.53. The van der Waals surface area contributed by atoms with E-state index in [1.807, 2.05) is 18.2 Å². The molecule has 120 valence electrons. The van der Waals surface area contributed by atoms with Gasteiger partial charge in [-0.05, 0) is 43.4 Å². The van der Waals surface area contributed by atoms with E-state index in [4.69, 9.17) is 0 Å². The summed E-state index contributed by atoms with van der Waals surface area (Å²) in [6.45, 7) is 5.51. The quantitative estimate of drug-likeness (QED) is 0.882. The van der Waals surface area contributed by atoms with E-state index < -0.39 is 0 Å². The molecule has 2 aliphatic rings. The molecular weight excluding hydrogens is 278 g/mol. The van der Waals surface area contributed by atoms with Gasteiger partial charge in [0.2, 0.25) is 0 Å². The van der Waals surface area contributed by atoms with Gasteiger partial charge >= 0.3 is 6.03 Å². The summed E-state index contributed by atoms with van der Waals surface area (Å²) in [5.74, 6) is 0.806. The zero-order chi connectivity index (χ0) is 15.5. The summed E-state index contributed by atoms with van der Waals surface area (Å²) in [5, 5.41) is 12.5. The Hall–Kier alpha value is -1.75. The zero-order valence-electron chi connectivity index (χ0n) is 13.2. The SMILES string of the molecule is CC1CCN(c2cccc(NC(=O)N3CC[C@@H](O)C3)c2)CC1. The van der Waals surface area contributed by atoms with Crippen LogP contribution in [-0.2, 0) is 0 Å². The van der Waals surface area contributed by atoms with Crippen LogP contribution in [0.1, 0.15) is 26.2 Å². The Balaban J connectivity index is 1.62. The number of likely N-dealkylation sites (tertiary alicyclic amines) is 1. The summed E-state index contributed by atoms with van der Waals surface area (Å²) in [7, 11) is 0. The maximum Gasteiger partial charge on any atom is 0.321 e. The van der Waals surface area contributed by atoms with Crippen molar-refractivity contribution in [3.05, 3.63) is 24.3 Å². The highest BCUT2D eigenvalue weighted by Crippen LogP contribution is 2.25. The summed E-state index contributed by atoms with van der Waals surface area (Å²) in [6.07, 6.45) is 2.73. The molecular formula is C17H25N3O2. The molecule has 0 unspecified atom stereocenters. The van der Waals surface area contributed by atoms with E-state index in [0.717, 1.165) is 24.7 Å². The lowest BCUT2D eigenvalue weighted by atomic mass is 9.99. The second-order valence-electron chi connectivity index (χ2n) is 6.54. The van der Waals surface area contributed by atoms with Crippen molar-refractivity contribution in [2.24, 2.45) is 5.92 Å². The van der Waals surface area contributed by atoms with Crippen LogP contribution in [0.2, 0.25) is 0 Å². The summed E-state index contributed by atoms with van der Waals surface area (Å²) in [6, 6.07) is 7.93. The van der Waals surface area contributed by atoms with Crippen molar-refractivity contribution >= 4 is 17.4 Å². The van der Waals surface area contributed by atoms with Gasteiger partial charge in [0.1, 0.15) is 0 Å². The first-order chi connectivity index (χ1) is 10.6. The van der Waals surface area contributed by atoms with E-state index in [-0.39, 0.29) is 12.1 Å². The van der Waals surface area contributed by atoms with Gasteiger partial charge in [0.15, 0.2) is 0 Å². The first kappa shape index (κ1) is 15.2. The van der Waals surface area contributed by atoms with E-state index in [0.29, 0.717) is 19.5 Å². The first-order valence-electron chi connectivity index (χ1n) is 8.21. The predicted octanol–water partition coefficient (Wildman–Crippen LogP) is 2.52. The van der Waals surface area contributed by atoms with Crippen LogP contribution < -0.4 is 10.2 Å². The minimum Gasteiger partial charge on any atom is -0.391 e. The molecule has 0 aliphatic carbocycles. The molecule has 3 rings (SSSR count). The van der Waals surface area contributed by atoms with Crippen LogP contribution in [0, 0.1) is 5.92 Å². The molecule has 2 saturated heterocycles. The van der Waals surface area contributed by atoms with Crippen molar-refractivity contribution in [1.82, 2.24) is 4.90 Å². The standard InChI is InChI=1S/C17H25N3O2/c1-13-5-8-19(9-6-13)15-4-2-3-14(11-15)18-17(22)20-10-7-16(21)12-20/h2-4,11,13,16,21H,5-10,12H2,1H3,(H,18,22)/t16-/m1/s1. The molecule has 1 aromatic carbocycles. The van der Waals surface area contributed by atoms with E-state index in [2.05, 4.69) is 23.2 Å². The van der Waals surface area contributed by atoms with Gasteiger partial charge in [0.25, 0.3) is 0 Å². The number of carbonyl (C=O) groups is 1. The number of hydrogen-bond acceptors (Lipinski definition) is 3. The van der Waals surface area contributed by atoms with Crippen LogP contribution in [-0.4, -0.2) is 48.3 Å². The molecule has 2 fully saturated rings. The normalized spacial score (nSPS) is 22.9. The minimum absolute atomic E-state index is 0.124. The Morgan fingerprint density at radius 2 is 2.00 bits per heavy atom. The number of piperidine rings is 1. The van der Waals surface area contributed by atoms with Crippen LogP contribution in [0.4, 0.5) is 16.2 Å². The highest BCUT2D eigenvalue weighted by molar-refractivity contribution is 5.90. The van der Waals surface area contributed by atoms with Gasteiger partial charge in [0, 0.05) is 37.6 Å². The van der Waals surface area contributed by atoms with Gasteiger partial charge in [-0.25, -0.2) is 4.79 Å². The molecule has 1 atom stereocenters. The Morgan fingerprint density at radius 3 is 2.68 bits per heavy atom. The summed E-state index contributed by atoms with van der Waals surface area (Å²) >= 11 is 0. The second kappa shape index (κ2) is 6.57.